The first kappa shape index (κ1) is 23.8. The van der Waals surface area contributed by atoms with E-state index in [9.17, 15) is 24.3 Å². The first-order valence-electron chi connectivity index (χ1n) is 9.04. The van der Waals surface area contributed by atoms with Gasteiger partial charge in [-0.15, -0.1) is 0 Å². The van der Waals surface area contributed by atoms with Crippen LogP contribution in [-0.4, -0.2) is 61.0 Å². The maximum Gasteiger partial charge on any atom is 0.245 e. The van der Waals surface area contributed by atoms with Crippen LogP contribution in [0.3, 0.4) is 0 Å². The molecule has 0 saturated carbocycles. The summed E-state index contributed by atoms with van der Waals surface area (Å²) < 4.78 is 0. The lowest BCUT2D eigenvalue weighted by Crippen LogP contribution is -2.55. The second-order valence-electron chi connectivity index (χ2n) is 6.12. The summed E-state index contributed by atoms with van der Waals surface area (Å²) in [5, 5.41) is 19.1. The Morgan fingerprint density at radius 2 is 1.50 bits per heavy atom. The molecule has 26 heavy (non-hydrogen) atoms. The van der Waals surface area contributed by atoms with Crippen LogP contribution in [0.15, 0.2) is 0 Å². The number of rotatable bonds is 13. The first-order valence-corrected chi connectivity index (χ1v) is 9.04. The van der Waals surface area contributed by atoms with Crippen molar-refractivity contribution in [3.63, 3.8) is 0 Å². The second-order valence-corrected chi connectivity index (χ2v) is 6.12. The van der Waals surface area contributed by atoms with Gasteiger partial charge in [0.05, 0.1) is 19.2 Å². The molecule has 9 nitrogen and oxygen atoms in total. The molecule has 0 bridgehead atoms. The van der Waals surface area contributed by atoms with Crippen molar-refractivity contribution in [2.75, 3.05) is 20.1 Å². The molecule has 150 valence electrons. The highest BCUT2D eigenvalue weighted by Gasteiger charge is 2.25. The summed E-state index contributed by atoms with van der Waals surface area (Å²) in [6.07, 6.45) is 4.31. The van der Waals surface area contributed by atoms with Gasteiger partial charge < -0.3 is 26.4 Å². The number of nitrogens with one attached hydrogen (secondary N) is 4. The normalized spacial score (nSPS) is 12.6. The molecule has 0 rings (SSSR count). The van der Waals surface area contributed by atoms with Gasteiger partial charge in [-0.3, -0.25) is 19.2 Å². The average molecular weight is 372 g/mol. The number of likely N-dealkylation sites (N-methyl/N-ethyl adjacent to an activating group) is 1. The molecule has 0 radical (unpaired) electrons. The molecule has 0 unspecified atom stereocenters. The Balaban J connectivity index is 4.20. The van der Waals surface area contributed by atoms with E-state index >= 15 is 0 Å². The van der Waals surface area contributed by atoms with Crippen molar-refractivity contribution >= 4 is 23.6 Å². The number of hydrogen-bond acceptors (Lipinski definition) is 5. The number of amides is 4. The highest BCUT2D eigenvalue weighted by molar-refractivity contribution is 5.92. The summed E-state index contributed by atoms with van der Waals surface area (Å²) in [4.78, 5) is 46.6. The Kier molecular flexibility index (Phi) is 12.9. The minimum Gasteiger partial charge on any atom is -0.391 e. The van der Waals surface area contributed by atoms with Crippen LogP contribution < -0.4 is 21.3 Å². The standard InChI is InChI=1S/C17H32N4O5/c1-4-5-6-7-8-9-13(23)19-11-15(25)21-16(12(2)22)17(26)20-10-14(24)18-3/h12,16,22H,4-11H2,1-3H3,(H,18,24)(H,19,23)(H,20,26)(H,21,25)/t12-,16+/m1/s1. The average Bonchev–Trinajstić information content (AvgIpc) is 2.61. The smallest absolute Gasteiger partial charge is 0.245 e. The monoisotopic (exact) mass is 372 g/mol. The summed E-state index contributed by atoms with van der Waals surface area (Å²) in [5.41, 5.74) is 0. The summed E-state index contributed by atoms with van der Waals surface area (Å²) >= 11 is 0. The van der Waals surface area contributed by atoms with Gasteiger partial charge in [0.25, 0.3) is 0 Å². The fraction of sp³-hybridized carbons (Fsp3) is 0.765. The van der Waals surface area contributed by atoms with E-state index in [2.05, 4.69) is 28.2 Å². The lowest BCUT2D eigenvalue weighted by Gasteiger charge is -2.20. The number of carbonyl (C=O) groups is 4. The number of unbranched alkanes of at least 4 members (excludes halogenated alkanes) is 4. The predicted octanol–water partition coefficient (Wildman–Crippen LogP) is -0.809. The van der Waals surface area contributed by atoms with E-state index in [1.54, 1.807) is 0 Å². The zero-order valence-electron chi connectivity index (χ0n) is 15.9. The van der Waals surface area contributed by atoms with E-state index in [1.807, 2.05) is 0 Å². The van der Waals surface area contributed by atoms with Gasteiger partial charge in [0.1, 0.15) is 6.04 Å². The third kappa shape index (κ3) is 11.4. The van der Waals surface area contributed by atoms with Crippen molar-refractivity contribution < 1.29 is 24.3 Å². The molecular formula is C17H32N4O5. The molecule has 0 aromatic heterocycles. The zero-order chi connectivity index (χ0) is 19.9. The largest absolute Gasteiger partial charge is 0.391 e. The van der Waals surface area contributed by atoms with Crippen molar-refractivity contribution in [1.29, 1.82) is 0 Å². The topological polar surface area (TPSA) is 137 Å². The highest BCUT2D eigenvalue weighted by atomic mass is 16.3. The van der Waals surface area contributed by atoms with Crippen LogP contribution in [0.2, 0.25) is 0 Å². The van der Waals surface area contributed by atoms with Crippen LogP contribution in [0.1, 0.15) is 52.4 Å². The molecule has 4 amide bonds. The lowest BCUT2D eigenvalue weighted by atomic mass is 10.1. The molecule has 0 spiro atoms. The summed E-state index contributed by atoms with van der Waals surface area (Å²) in [5.74, 6) is -1.90. The molecule has 0 saturated heterocycles. The van der Waals surface area contributed by atoms with Crippen molar-refractivity contribution in [2.24, 2.45) is 0 Å². The lowest BCUT2D eigenvalue weighted by molar-refractivity contribution is -0.133. The molecular weight excluding hydrogens is 340 g/mol. The Morgan fingerprint density at radius 1 is 0.885 bits per heavy atom. The summed E-state index contributed by atoms with van der Waals surface area (Å²) in [6.45, 7) is 2.92. The van der Waals surface area contributed by atoms with E-state index in [1.165, 1.54) is 14.0 Å². The third-order valence-electron chi connectivity index (χ3n) is 3.74. The Bertz CT molecular complexity index is 468. The van der Waals surface area contributed by atoms with Gasteiger partial charge in [-0.1, -0.05) is 32.6 Å². The van der Waals surface area contributed by atoms with Gasteiger partial charge in [0, 0.05) is 13.5 Å². The Morgan fingerprint density at radius 3 is 2.08 bits per heavy atom. The van der Waals surface area contributed by atoms with E-state index < -0.39 is 29.9 Å². The molecule has 0 aliphatic rings. The molecule has 0 aliphatic carbocycles. The quantitative estimate of drug-likeness (QED) is 0.269. The minimum absolute atomic E-state index is 0.227. The molecule has 0 aromatic rings. The highest BCUT2D eigenvalue weighted by Crippen LogP contribution is 2.04. The van der Waals surface area contributed by atoms with Gasteiger partial charge in [-0.25, -0.2) is 0 Å². The van der Waals surface area contributed by atoms with Crippen molar-refractivity contribution in [2.45, 2.75) is 64.5 Å². The van der Waals surface area contributed by atoms with Gasteiger partial charge in [0.2, 0.25) is 23.6 Å². The molecule has 2 atom stereocenters. The molecule has 0 fully saturated rings. The van der Waals surface area contributed by atoms with E-state index in [0.29, 0.717) is 6.42 Å². The fourth-order valence-corrected chi connectivity index (χ4v) is 2.15. The van der Waals surface area contributed by atoms with E-state index in [4.69, 9.17) is 0 Å². The van der Waals surface area contributed by atoms with Crippen LogP contribution in [-0.2, 0) is 19.2 Å². The van der Waals surface area contributed by atoms with Crippen molar-refractivity contribution in [3.05, 3.63) is 0 Å². The summed E-state index contributed by atoms with van der Waals surface area (Å²) in [6, 6.07) is -1.21. The Labute approximate surface area is 154 Å². The van der Waals surface area contributed by atoms with Crippen LogP contribution in [0.5, 0.6) is 0 Å². The van der Waals surface area contributed by atoms with Crippen LogP contribution in [0, 0.1) is 0 Å². The number of hydrogen-bond donors (Lipinski definition) is 5. The number of aliphatic hydroxyl groups is 1. The minimum atomic E-state index is -1.21. The van der Waals surface area contributed by atoms with Crippen LogP contribution in [0.4, 0.5) is 0 Å². The fourth-order valence-electron chi connectivity index (χ4n) is 2.15. The molecule has 0 heterocycles. The predicted molar refractivity (Wildman–Crippen MR) is 97.1 cm³/mol. The number of aliphatic hydroxyl groups excluding tert-OH is 1. The van der Waals surface area contributed by atoms with Crippen molar-refractivity contribution in [1.82, 2.24) is 21.3 Å². The third-order valence-corrected chi connectivity index (χ3v) is 3.74. The zero-order valence-corrected chi connectivity index (χ0v) is 15.9. The van der Waals surface area contributed by atoms with Crippen LogP contribution >= 0.6 is 0 Å². The molecule has 5 N–H and O–H groups in total. The van der Waals surface area contributed by atoms with Gasteiger partial charge in [0.15, 0.2) is 0 Å². The Hall–Kier alpha value is -2.16. The molecule has 0 aliphatic heterocycles. The maximum absolute atomic E-state index is 12.0. The number of carbonyl (C=O) groups excluding carboxylic acids is 4. The van der Waals surface area contributed by atoms with E-state index in [0.717, 1.165) is 32.1 Å². The van der Waals surface area contributed by atoms with Gasteiger partial charge in [-0.2, -0.15) is 0 Å². The maximum atomic E-state index is 12.0. The summed E-state index contributed by atoms with van der Waals surface area (Å²) in [7, 11) is 1.43. The first-order chi connectivity index (χ1) is 12.3. The molecule has 9 heteroatoms. The second kappa shape index (κ2) is 14.1. The van der Waals surface area contributed by atoms with Crippen LogP contribution in [0.25, 0.3) is 0 Å². The SMILES string of the molecule is CCCCCCCC(=O)NCC(=O)N[C@H](C(=O)NCC(=O)NC)[C@@H](C)O. The van der Waals surface area contributed by atoms with Gasteiger partial charge >= 0.3 is 0 Å². The van der Waals surface area contributed by atoms with E-state index in [-0.39, 0.29) is 19.0 Å². The van der Waals surface area contributed by atoms with Crippen molar-refractivity contribution in [3.8, 4) is 0 Å². The van der Waals surface area contributed by atoms with Gasteiger partial charge in [-0.05, 0) is 13.3 Å². The molecule has 0 aromatic carbocycles.